The maximum absolute atomic E-state index is 12.1. The molecule has 2 heterocycles. The van der Waals surface area contributed by atoms with Crippen molar-refractivity contribution in [1.82, 2.24) is 9.88 Å². The lowest BCUT2D eigenvalue weighted by atomic mass is 10.1. The molecule has 1 aromatic heterocycles. The number of carbonyl (C=O) groups excluding carboxylic acids is 1. The Morgan fingerprint density at radius 2 is 2.09 bits per heavy atom. The van der Waals surface area contributed by atoms with E-state index >= 15 is 0 Å². The van der Waals surface area contributed by atoms with Gasteiger partial charge in [0.15, 0.2) is 0 Å². The van der Waals surface area contributed by atoms with Crippen LogP contribution in [0, 0.1) is 5.92 Å². The van der Waals surface area contributed by atoms with Gasteiger partial charge >= 0.3 is 0 Å². The number of pyridine rings is 1. The number of nitrogens with zero attached hydrogens (tertiary/aromatic N) is 2. The molecule has 0 unspecified atom stereocenters. The lowest BCUT2D eigenvalue weighted by molar-refractivity contribution is -0.121. The number of anilines is 1. The highest BCUT2D eigenvalue weighted by molar-refractivity contribution is 5.75. The third kappa shape index (κ3) is 4.87. The van der Waals surface area contributed by atoms with Crippen molar-refractivity contribution in [2.75, 3.05) is 37.7 Å². The number of rotatable bonds is 6. The maximum Gasteiger partial charge on any atom is 0.253 e. The second-order valence-electron chi connectivity index (χ2n) is 5.98. The summed E-state index contributed by atoms with van der Waals surface area (Å²) in [6, 6.07) is 3.47. The number of carbonyl (C=O) groups is 1. The van der Waals surface area contributed by atoms with Gasteiger partial charge in [-0.1, -0.05) is 13.8 Å². The number of nitrogens with one attached hydrogen (secondary N) is 1. The molecule has 0 atom stereocenters. The highest BCUT2D eigenvalue weighted by Gasteiger charge is 2.12. The van der Waals surface area contributed by atoms with Crippen LogP contribution in [0.3, 0.4) is 0 Å². The molecule has 6 nitrogen and oxygen atoms in total. The van der Waals surface area contributed by atoms with Crippen molar-refractivity contribution < 1.29 is 9.53 Å². The summed E-state index contributed by atoms with van der Waals surface area (Å²) in [7, 11) is 0. The molecule has 1 fully saturated rings. The monoisotopic (exact) mass is 307 g/mol. The van der Waals surface area contributed by atoms with Gasteiger partial charge in [-0.2, -0.15) is 0 Å². The van der Waals surface area contributed by atoms with Crippen molar-refractivity contribution >= 4 is 11.6 Å². The van der Waals surface area contributed by atoms with Crippen LogP contribution in [-0.4, -0.2) is 43.3 Å². The van der Waals surface area contributed by atoms with Gasteiger partial charge in [-0.3, -0.25) is 9.59 Å². The summed E-state index contributed by atoms with van der Waals surface area (Å²) in [5, 5.41) is 2.84. The van der Waals surface area contributed by atoms with Gasteiger partial charge < -0.3 is 19.5 Å². The zero-order valence-electron chi connectivity index (χ0n) is 13.4. The van der Waals surface area contributed by atoms with Gasteiger partial charge in [0.2, 0.25) is 5.91 Å². The summed E-state index contributed by atoms with van der Waals surface area (Å²) < 4.78 is 6.74. The molecule has 1 N–H and O–H groups in total. The molecule has 0 spiro atoms. The summed E-state index contributed by atoms with van der Waals surface area (Å²) in [6.45, 7) is 7.89. The van der Waals surface area contributed by atoms with Crippen molar-refractivity contribution in [1.29, 1.82) is 0 Å². The van der Waals surface area contributed by atoms with Gasteiger partial charge in [0.1, 0.15) is 6.54 Å². The maximum atomic E-state index is 12.1. The van der Waals surface area contributed by atoms with Crippen molar-refractivity contribution in [2.24, 2.45) is 5.92 Å². The molecule has 1 aliphatic heterocycles. The number of hydrogen-bond donors (Lipinski definition) is 1. The van der Waals surface area contributed by atoms with Crippen molar-refractivity contribution in [3.8, 4) is 0 Å². The van der Waals surface area contributed by atoms with E-state index < -0.39 is 0 Å². The Balaban J connectivity index is 1.92. The van der Waals surface area contributed by atoms with Crippen LogP contribution in [-0.2, 0) is 16.1 Å². The van der Waals surface area contributed by atoms with Crippen LogP contribution >= 0.6 is 0 Å². The molecule has 0 radical (unpaired) electrons. The average Bonchev–Trinajstić information content (AvgIpc) is 2.50. The van der Waals surface area contributed by atoms with Crippen LogP contribution < -0.4 is 15.8 Å². The first-order chi connectivity index (χ1) is 10.6. The first-order valence-electron chi connectivity index (χ1n) is 7.86. The Morgan fingerprint density at radius 1 is 1.36 bits per heavy atom. The minimum Gasteiger partial charge on any atom is -0.378 e. The minimum atomic E-state index is -0.150. The van der Waals surface area contributed by atoms with Gasteiger partial charge in [-0.15, -0.1) is 0 Å². The average molecular weight is 307 g/mol. The summed E-state index contributed by atoms with van der Waals surface area (Å²) in [5.41, 5.74) is 0.743. The molecule has 0 aliphatic carbocycles. The van der Waals surface area contributed by atoms with Gasteiger partial charge in [0.05, 0.1) is 13.2 Å². The smallest absolute Gasteiger partial charge is 0.253 e. The van der Waals surface area contributed by atoms with Crippen molar-refractivity contribution in [3.63, 3.8) is 0 Å². The molecule has 6 heteroatoms. The predicted octanol–water partition coefficient (Wildman–Crippen LogP) is 0.847. The molecule has 1 saturated heterocycles. The standard InChI is InChI=1S/C16H25N3O3/c1-13(2)3-5-17-15(20)12-19-6-4-14(11-16(19)21)18-7-9-22-10-8-18/h4,6,11,13H,3,5,7-10,12H2,1-2H3,(H,17,20). The summed E-state index contributed by atoms with van der Waals surface area (Å²) in [4.78, 5) is 26.1. The normalized spacial score (nSPS) is 15.1. The first-order valence-corrected chi connectivity index (χ1v) is 7.86. The Bertz CT molecular complexity index is 548. The van der Waals surface area contributed by atoms with Crippen LogP contribution in [0.5, 0.6) is 0 Å². The lowest BCUT2D eigenvalue weighted by Crippen LogP contribution is -2.37. The molecule has 22 heavy (non-hydrogen) atoms. The molecule has 2 rings (SSSR count). The zero-order valence-corrected chi connectivity index (χ0v) is 13.4. The topological polar surface area (TPSA) is 63.6 Å². The highest BCUT2D eigenvalue weighted by Crippen LogP contribution is 2.12. The van der Waals surface area contributed by atoms with Crippen LogP contribution in [0.4, 0.5) is 5.69 Å². The van der Waals surface area contributed by atoms with Crippen molar-refractivity contribution in [3.05, 3.63) is 28.7 Å². The summed E-state index contributed by atoms with van der Waals surface area (Å²) >= 11 is 0. The zero-order chi connectivity index (χ0) is 15.9. The number of amides is 1. The van der Waals surface area contributed by atoms with Crippen LogP contribution in [0.2, 0.25) is 0 Å². The molecule has 1 aromatic rings. The quantitative estimate of drug-likeness (QED) is 0.846. The Morgan fingerprint density at radius 3 is 2.73 bits per heavy atom. The largest absolute Gasteiger partial charge is 0.378 e. The van der Waals surface area contributed by atoms with Crippen LogP contribution in [0.15, 0.2) is 23.1 Å². The fourth-order valence-corrected chi connectivity index (χ4v) is 2.36. The van der Waals surface area contributed by atoms with E-state index in [1.165, 1.54) is 4.57 Å². The third-order valence-corrected chi connectivity index (χ3v) is 3.71. The number of aromatic nitrogens is 1. The van der Waals surface area contributed by atoms with E-state index in [-0.39, 0.29) is 18.0 Å². The van der Waals surface area contributed by atoms with Gasteiger partial charge in [0.25, 0.3) is 5.56 Å². The fourth-order valence-electron chi connectivity index (χ4n) is 2.36. The Labute approximate surface area is 131 Å². The predicted molar refractivity (Wildman–Crippen MR) is 86.2 cm³/mol. The molecule has 0 aromatic carbocycles. The van der Waals surface area contributed by atoms with E-state index in [9.17, 15) is 9.59 Å². The van der Waals surface area contributed by atoms with Crippen LogP contribution in [0.1, 0.15) is 20.3 Å². The van der Waals surface area contributed by atoms with Crippen molar-refractivity contribution in [2.45, 2.75) is 26.8 Å². The van der Waals surface area contributed by atoms with Crippen LogP contribution in [0.25, 0.3) is 0 Å². The summed E-state index contributed by atoms with van der Waals surface area (Å²) in [6.07, 6.45) is 2.63. The van der Waals surface area contributed by atoms with Gasteiger partial charge in [-0.05, 0) is 18.4 Å². The molecule has 0 bridgehead atoms. The van der Waals surface area contributed by atoms with E-state index in [1.54, 1.807) is 12.3 Å². The van der Waals surface area contributed by atoms with Gasteiger partial charge in [0, 0.05) is 37.6 Å². The number of morpholine rings is 1. The van der Waals surface area contributed by atoms with E-state index in [0.717, 1.165) is 25.2 Å². The summed E-state index contributed by atoms with van der Waals surface area (Å²) in [5.74, 6) is 0.428. The lowest BCUT2D eigenvalue weighted by Gasteiger charge is -2.28. The van der Waals surface area contributed by atoms with E-state index in [1.807, 2.05) is 6.07 Å². The molecule has 122 valence electrons. The SMILES string of the molecule is CC(C)CCNC(=O)Cn1ccc(N2CCOCC2)cc1=O. The minimum absolute atomic E-state index is 0.0698. The van der Waals surface area contributed by atoms with E-state index in [4.69, 9.17) is 4.74 Å². The molecular formula is C16H25N3O3. The second-order valence-corrected chi connectivity index (χ2v) is 5.98. The Kier molecular flexibility index (Phi) is 6.00. The Hall–Kier alpha value is -1.82. The number of ether oxygens (including phenoxy) is 1. The number of hydrogen-bond acceptors (Lipinski definition) is 4. The molecule has 0 saturated carbocycles. The van der Waals surface area contributed by atoms with E-state index in [2.05, 4.69) is 24.1 Å². The third-order valence-electron chi connectivity index (χ3n) is 3.71. The molecule has 1 amide bonds. The highest BCUT2D eigenvalue weighted by atomic mass is 16.5. The second kappa shape index (κ2) is 7.98. The first kappa shape index (κ1) is 16.5. The fraction of sp³-hybridized carbons (Fsp3) is 0.625. The molecular weight excluding hydrogens is 282 g/mol. The van der Waals surface area contributed by atoms with Gasteiger partial charge in [-0.25, -0.2) is 0 Å². The molecule has 1 aliphatic rings. The van der Waals surface area contributed by atoms with E-state index in [0.29, 0.717) is 25.7 Å².